The number of hydrogen-bond acceptors (Lipinski definition) is 6. The molecule has 5 rings (SSSR count). The zero-order valence-electron chi connectivity index (χ0n) is 18.4. The third kappa shape index (κ3) is 3.54. The van der Waals surface area contributed by atoms with E-state index in [0.29, 0.717) is 0 Å². The Kier molecular flexibility index (Phi) is 4.89. The number of hydrogen-bond donors (Lipinski definition) is 0. The molecule has 2 fully saturated rings. The van der Waals surface area contributed by atoms with E-state index in [2.05, 4.69) is 45.6 Å². The number of para-hydroxylation sites is 1. The van der Waals surface area contributed by atoms with Crippen LogP contribution in [0.4, 0.5) is 11.5 Å². The first-order valence-corrected chi connectivity index (χ1v) is 11.0. The molecule has 0 radical (unpaired) electrons. The van der Waals surface area contributed by atoms with Crippen LogP contribution in [0.2, 0.25) is 0 Å². The first-order chi connectivity index (χ1) is 14.9. The Morgan fingerprint density at radius 2 is 1.71 bits per heavy atom. The number of rotatable bonds is 3. The maximum absolute atomic E-state index is 13.1. The van der Waals surface area contributed by atoms with Gasteiger partial charge in [0.05, 0.1) is 23.2 Å². The van der Waals surface area contributed by atoms with Crippen molar-refractivity contribution in [3.8, 4) is 0 Å². The fourth-order valence-corrected chi connectivity index (χ4v) is 4.69. The minimum absolute atomic E-state index is 0.0311. The quantitative estimate of drug-likeness (QED) is 0.650. The number of anilines is 2. The summed E-state index contributed by atoms with van der Waals surface area (Å²) in [6.07, 6.45) is 4.39. The molecular weight excluding hydrogens is 390 g/mol. The third-order valence-corrected chi connectivity index (χ3v) is 6.28. The average Bonchev–Trinajstić information content (AvgIpc) is 3.38. The maximum atomic E-state index is 13.1. The van der Waals surface area contributed by atoms with E-state index >= 15 is 0 Å². The Balaban J connectivity index is 1.29. The van der Waals surface area contributed by atoms with Crippen molar-refractivity contribution in [2.75, 3.05) is 42.5 Å². The summed E-state index contributed by atoms with van der Waals surface area (Å²) < 4.78 is 1.96. The monoisotopic (exact) mass is 419 g/mol. The van der Waals surface area contributed by atoms with Gasteiger partial charge in [0, 0.05) is 38.4 Å². The van der Waals surface area contributed by atoms with E-state index in [1.165, 1.54) is 0 Å². The van der Waals surface area contributed by atoms with E-state index in [1.807, 2.05) is 46.1 Å². The average molecular weight is 420 g/mol. The van der Waals surface area contributed by atoms with Crippen LogP contribution >= 0.6 is 0 Å². The first kappa shape index (κ1) is 19.9. The summed E-state index contributed by atoms with van der Waals surface area (Å²) in [6, 6.07) is 9.94. The lowest BCUT2D eigenvalue weighted by molar-refractivity contribution is -0.121. The lowest BCUT2D eigenvalue weighted by atomic mass is 10.1. The second kappa shape index (κ2) is 7.60. The van der Waals surface area contributed by atoms with Crippen LogP contribution in [0.25, 0.3) is 11.0 Å². The molecule has 3 aromatic rings. The predicted molar refractivity (Wildman–Crippen MR) is 121 cm³/mol. The maximum Gasteiger partial charge on any atom is 0.244 e. The molecule has 1 atom stereocenters. The van der Waals surface area contributed by atoms with Gasteiger partial charge in [-0.3, -0.25) is 9.69 Å². The molecule has 4 heterocycles. The summed E-state index contributed by atoms with van der Waals surface area (Å²) in [5, 5.41) is 5.56. The Morgan fingerprint density at radius 3 is 2.42 bits per heavy atom. The van der Waals surface area contributed by atoms with Gasteiger partial charge < -0.3 is 9.80 Å². The van der Waals surface area contributed by atoms with Gasteiger partial charge in [-0.2, -0.15) is 5.10 Å². The van der Waals surface area contributed by atoms with Gasteiger partial charge in [-0.15, -0.1) is 0 Å². The Hall–Kier alpha value is -3.00. The van der Waals surface area contributed by atoms with Crippen molar-refractivity contribution in [1.82, 2.24) is 24.6 Å². The van der Waals surface area contributed by atoms with Crippen molar-refractivity contribution >= 4 is 28.4 Å². The molecule has 0 saturated carbocycles. The largest absolute Gasteiger partial charge is 0.353 e. The Morgan fingerprint density at radius 1 is 0.968 bits per heavy atom. The zero-order valence-corrected chi connectivity index (χ0v) is 18.4. The number of fused-ring (bicyclic) bond motifs is 1. The van der Waals surface area contributed by atoms with Gasteiger partial charge in [-0.05, 0) is 39.3 Å². The van der Waals surface area contributed by atoms with Gasteiger partial charge >= 0.3 is 0 Å². The minimum atomic E-state index is -0.139. The zero-order chi connectivity index (χ0) is 21.6. The molecule has 2 aliphatic heterocycles. The van der Waals surface area contributed by atoms with Crippen molar-refractivity contribution in [1.29, 1.82) is 0 Å². The highest BCUT2D eigenvalue weighted by Crippen LogP contribution is 2.29. The molecule has 1 unspecified atom stereocenters. The summed E-state index contributed by atoms with van der Waals surface area (Å²) >= 11 is 0. The van der Waals surface area contributed by atoms with Gasteiger partial charge in [-0.1, -0.05) is 18.2 Å². The van der Waals surface area contributed by atoms with Crippen molar-refractivity contribution in [3.63, 3.8) is 0 Å². The predicted octanol–water partition coefficient (Wildman–Crippen LogP) is 2.51. The smallest absolute Gasteiger partial charge is 0.244 e. The normalized spacial score (nSPS) is 20.7. The second-order valence-electron chi connectivity index (χ2n) is 9.31. The molecular formula is C23H29N7O. The molecule has 8 heteroatoms. The standard InChI is InChI=1S/C23H29N7O/c1-23(2,3)30-21-18(15-26-30)20(24-16-25-21)28-13-11-27(12-14-28)19-9-10-29(22(19)31)17-7-5-4-6-8-17/h4-8,15-16,19H,9-14H2,1-3H3. The second-order valence-corrected chi connectivity index (χ2v) is 9.31. The topological polar surface area (TPSA) is 70.4 Å². The van der Waals surface area contributed by atoms with Crippen LogP contribution in [-0.2, 0) is 10.3 Å². The van der Waals surface area contributed by atoms with Crippen molar-refractivity contribution in [2.24, 2.45) is 0 Å². The molecule has 162 valence electrons. The van der Waals surface area contributed by atoms with Gasteiger partial charge in [0.2, 0.25) is 5.91 Å². The molecule has 1 aromatic carbocycles. The van der Waals surface area contributed by atoms with Gasteiger partial charge in [0.15, 0.2) is 5.65 Å². The van der Waals surface area contributed by atoms with E-state index in [1.54, 1.807) is 6.33 Å². The molecule has 0 N–H and O–H groups in total. The van der Waals surface area contributed by atoms with Crippen molar-refractivity contribution < 1.29 is 4.79 Å². The highest BCUT2D eigenvalue weighted by Gasteiger charge is 2.38. The highest BCUT2D eigenvalue weighted by molar-refractivity contribution is 5.99. The summed E-state index contributed by atoms with van der Waals surface area (Å²) in [4.78, 5) is 28.7. The number of amides is 1. The van der Waals surface area contributed by atoms with E-state index in [9.17, 15) is 4.79 Å². The number of aromatic nitrogens is 4. The third-order valence-electron chi connectivity index (χ3n) is 6.28. The van der Waals surface area contributed by atoms with E-state index < -0.39 is 0 Å². The summed E-state index contributed by atoms with van der Waals surface area (Å²) in [5.74, 6) is 1.15. The van der Waals surface area contributed by atoms with Crippen LogP contribution < -0.4 is 9.80 Å². The molecule has 2 saturated heterocycles. The number of benzene rings is 1. The fraction of sp³-hybridized carbons (Fsp3) is 0.478. The lowest BCUT2D eigenvalue weighted by Gasteiger charge is -2.37. The molecule has 0 bridgehead atoms. The van der Waals surface area contributed by atoms with Crippen LogP contribution in [0.3, 0.4) is 0 Å². The van der Waals surface area contributed by atoms with Crippen LogP contribution in [-0.4, -0.2) is 69.3 Å². The lowest BCUT2D eigenvalue weighted by Crippen LogP contribution is -2.52. The molecule has 0 spiro atoms. The van der Waals surface area contributed by atoms with Gasteiger partial charge in [0.1, 0.15) is 12.1 Å². The number of piperazine rings is 1. The highest BCUT2D eigenvalue weighted by atomic mass is 16.2. The van der Waals surface area contributed by atoms with Crippen LogP contribution in [0.15, 0.2) is 42.9 Å². The fourth-order valence-electron chi connectivity index (χ4n) is 4.69. The molecule has 0 aliphatic carbocycles. The van der Waals surface area contributed by atoms with Crippen LogP contribution in [0.5, 0.6) is 0 Å². The molecule has 31 heavy (non-hydrogen) atoms. The van der Waals surface area contributed by atoms with Crippen LogP contribution in [0, 0.1) is 0 Å². The Labute approximate surface area is 182 Å². The number of nitrogens with zero attached hydrogens (tertiary/aromatic N) is 7. The van der Waals surface area contributed by atoms with Gasteiger partial charge in [-0.25, -0.2) is 14.6 Å². The van der Waals surface area contributed by atoms with Gasteiger partial charge in [0.25, 0.3) is 0 Å². The van der Waals surface area contributed by atoms with E-state index in [0.717, 1.165) is 61.7 Å². The SMILES string of the molecule is CC(C)(C)n1ncc2c(N3CCN(C4CCN(c5ccccc5)C4=O)CC3)ncnc21. The van der Waals surface area contributed by atoms with Crippen molar-refractivity contribution in [2.45, 2.75) is 38.8 Å². The molecule has 2 aromatic heterocycles. The summed E-state index contributed by atoms with van der Waals surface area (Å²) in [5.41, 5.74) is 1.72. The Bertz CT molecular complexity index is 1080. The molecule has 8 nitrogen and oxygen atoms in total. The summed E-state index contributed by atoms with van der Waals surface area (Å²) in [6.45, 7) is 10.5. The number of carbonyl (C=O) groups is 1. The number of carbonyl (C=O) groups excluding carboxylic acids is 1. The summed E-state index contributed by atoms with van der Waals surface area (Å²) in [7, 11) is 0. The van der Waals surface area contributed by atoms with Crippen molar-refractivity contribution in [3.05, 3.63) is 42.9 Å². The molecule has 2 aliphatic rings. The van der Waals surface area contributed by atoms with E-state index in [4.69, 9.17) is 0 Å². The molecule has 1 amide bonds. The van der Waals surface area contributed by atoms with E-state index in [-0.39, 0.29) is 17.5 Å². The van der Waals surface area contributed by atoms with Crippen LogP contribution in [0.1, 0.15) is 27.2 Å². The minimum Gasteiger partial charge on any atom is -0.353 e. The first-order valence-electron chi connectivity index (χ1n) is 11.0.